The maximum atomic E-state index is 13.3. The number of nitrogens with zero attached hydrogens (tertiary/aromatic N) is 1. The number of aliphatic imine (C=N–C) groups is 1. The molecular weight excluding hydrogens is 362 g/mol. The van der Waals surface area contributed by atoms with Gasteiger partial charge in [-0.15, -0.1) is 0 Å². The molecule has 3 fully saturated rings. The largest absolute Gasteiger partial charge is 0.396 e. The Labute approximate surface area is 175 Å². The van der Waals surface area contributed by atoms with E-state index in [0.717, 1.165) is 37.7 Å². The summed E-state index contributed by atoms with van der Waals surface area (Å²) in [4.78, 5) is 17.4. The van der Waals surface area contributed by atoms with E-state index in [-0.39, 0.29) is 23.4 Å². The topological polar surface area (TPSA) is 102 Å². The Morgan fingerprint density at radius 2 is 1.93 bits per heavy atom. The van der Waals surface area contributed by atoms with E-state index in [1.165, 1.54) is 31.3 Å². The zero-order chi connectivity index (χ0) is 20.8. The Morgan fingerprint density at radius 1 is 1.21 bits per heavy atom. The molecule has 162 valence electrons. The Hall–Kier alpha value is -1.36. The molecule has 4 aliphatic rings. The number of nitrogens with two attached hydrogens (primary N) is 2. The Bertz CT molecular complexity index is 716. The summed E-state index contributed by atoms with van der Waals surface area (Å²) in [6.45, 7) is 5.77. The molecular formula is C24H39N3O2. The molecule has 4 aliphatic carbocycles. The number of carbonyl (C=O) groups is 1. The zero-order valence-electron chi connectivity index (χ0n) is 18.3. The normalized spacial score (nSPS) is 36.0. The highest BCUT2D eigenvalue weighted by atomic mass is 16.3. The quantitative estimate of drug-likeness (QED) is 0.345. The third-order valence-electron chi connectivity index (χ3n) is 9.24. The van der Waals surface area contributed by atoms with Gasteiger partial charge in [-0.2, -0.15) is 0 Å². The fraction of sp³-hybridized carbons (Fsp3) is 0.833. The maximum Gasteiger partial charge on any atom is 0.185 e. The van der Waals surface area contributed by atoms with Crippen LogP contribution in [0.4, 0.5) is 0 Å². The van der Waals surface area contributed by atoms with E-state index in [1.807, 2.05) is 0 Å². The molecule has 0 heterocycles. The van der Waals surface area contributed by atoms with E-state index in [0.29, 0.717) is 42.4 Å². The minimum atomic E-state index is -0.00935. The van der Waals surface area contributed by atoms with Crippen LogP contribution in [0.15, 0.2) is 16.1 Å². The van der Waals surface area contributed by atoms with E-state index in [9.17, 15) is 9.90 Å². The molecule has 3 saturated carbocycles. The van der Waals surface area contributed by atoms with Crippen LogP contribution in [0.25, 0.3) is 0 Å². The third-order valence-corrected chi connectivity index (χ3v) is 9.24. The van der Waals surface area contributed by atoms with Crippen LogP contribution in [0.1, 0.15) is 78.1 Å². The van der Waals surface area contributed by atoms with Crippen LogP contribution in [0.2, 0.25) is 0 Å². The van der Waals surface area contributed by atoms with Gasteiger partial charge >= 0.3 is 0 Å². The second-order valence-corrected chi connectivity index (χ2v) is 10.7. The minimum Gasteiger partial charge on any atom is -0.396 e. The van der Waals surface area contributed by atoms with Gasteiger partial charge < -0.3 is 16.6 Å². The summed E-state index contributed by atoms with van der Waals surface area (Å²) in [5.74, 6) is 2.63. The summed E-state index contributed by atoms with van der Waals surface area (Å²) in [5.41, 5.74) is 13.6. The van der Waals surface area contributed by atoms with Gasteiger partial charge in [0, 0.05) is 25.0 Å². The van der Waals surface area contributed by atoms with Crippen LogP contribution in [-0.4, -0.2) is 30.0 Å². The van der Waals surface area contributed by atoms with E-state index in [1.54, 1.807) is 0 Å². The van der Waals surface area contributed by atoms with Crippen LogP contribution in [0, 0.1) is 34.5 Å². The lowest BCUT2D eigenvalue weighted by molar-refractivity contribution is -0.126. The number of guanidine groups is 1. The summed E-state index contributed by atoms with van der Waals surface area (Å²) in [6, 6.07) is 0. The number of aliphatic hydroxyl groups is 1. The average Bonchev–Trinajstić information content (AvgIpc) is 3.29. The highest BCUT2D eigenvalue weighted by Gasteiger charge is 2.69. The van der Waals surface area contributed by atoms with Gasteiger partial charge in [-0.05, 0) is 66.8 Å². The molecule has 2 bridgehead atoms. The van der Waals surface area contributed by atoms with Gasteiger partial charge in [0.05, 0.1) is 0 Å². The van der Waals surface area contributed by atoms with Gasteiger partial charge in [0.15, 0.2) is 11.7 Å². The number of hydrogen-bond acceptors (Lipinski definition) is 3. The summed E-state index contributed by atoms with van der Waals surface area (Å²) in [6.07, 6.45) is 10.8. The van der Waals surface area contributed by atoms with Gasteiger partial charge in [-0.3, -0.25) is 9.79 Å². The standard InChI is InChI=1S/C24H39N3O2/c1-23(2)17-11-16(14-28)21(15-7-3-4-8-15)24(23)13-20(29)18(19(24)12-17)9-5-6-10-27-22(25)26/h15-17,21,28H,3-14H2,1-2H3,(H4,25,26,27). The van der Waals surface area contributed by atoms with Crippen molar-refractivity contribution in [2.75, 3.05) is 13.2 Å². The molecule has 5 N–H and O–H groups in total. The van der Waals surface area contributed by atoms with Gasteiger partial charge in [0.2, 0.25) is 0 Å². The molecule has 0 amide bonds. The minimum absolute atomic E-state index is 0.00935. The number of fused-ring (bicyclic) bond motifs is 1. The maximum absolute atomic E-state index is 13.3. The Balaban J connectivity index is 1.66. The number of Topliss-reactive ketones (excluding diaryl/α,β-unsaturated/α-hetero) is 1. The number of allylic oxidation sites excluding steroid dienone is 2. The Kier molecular flexibility index (Phi) is 5.56. The fourth-order valence-electron chi connectivity index (χ4n) is 7.94. The zero-order valence-corrected chi connectivity index (χ0v) is 18.3. The molecule has 1 spiro atoms. The highest BCUT2D eigenvalue weighted by Crippen LogP contribution is 2.75. The first-order valence-electron chi connectivity index (χ1n) is 11.7. The van der Waals surface area contributed by atoms with Crippen LogP contribution >= 0.6 is 0 Å². The molecule has 5 heteroatoms. The predicted molar refractivity (Wildman–Crippen MR) is 116 cm³/mol. The van der Waals surface area contributed by atoms with Crippen molar-refractivity contribution in [1.29, 1.82) is 0 Å². The lowest BCUT2D eigenvalue weighted by atomic mass is 9.47. The van der Waals surface area contributed by atoms with Crippen molar-refractivity contribution < 1.29 is 9.90 Å². The number of rotatable bonds is 7. The van der Waals surface area contributed by atoms with Crippen molar-refractivity contribution in [3.63, 3.8) is 0 Å². The predicted octanol–water partition coefficient (Wildman–Crippen LogP) is 3.55. The SMILES string of the molecule is CC1(C)C2CC3=C(CCCCN=C(N)N)C(=O)CC31C(C1CCCC1)C(CO)C2. The van der Waals surface area contributed by atoms with Gasteiger partial charge in [0.1, 0.15) is 0 Å². The van der Waals surface area contributed by atoms with Crippen molar-refractivity contribution in [2.45, 2.75) is 78.1 Å². The molecule has 0 aromatic heterocycles. The van der Waals surface area contributed by atoms with Crippen LogP contribution in [-0.2, 0) is 4.79 Å². The number of ketones is 1. The number of unbranched alkanes of at least 4 members (excludes halogenated alkanes) is 1. The van der Waals surface area contributed by atoms with Crippen LogP contribution in [0.3, 0.4) is 0 Å². The fourth-order valence-corrected chi connectivity index (χ4v) is 7.94. The molecule has 0 aromatic carbocycles. The number of carbonyl (C=O) groups excluding carboxylic acids is 1. The monoisotopic (exact) mass is 401 g/mol. The molecule has 0 aliphatic heterocycles. The third kappa shape index (κ3) is 3.15. The van der Waals surface area contributed by atoms with E-state index in [4.69, 9.17) is 11.5 Å². The lowest BCUT2D eigenvalue weighted by Crippen LogP contribution is -2.53. The smallest absolute Gasteiger partial charge is 0.185 e. The second kappa shape index (κ2) is 7.72. The van der Waals surface area contributed by atoms with Crippen LogP contribution < -0.4 is 11.5 Å². The number of aliphatic hydroxyl groups excluding tert-OH is 1. The number of hydrogen-bond donors (Lipinski definition) is 3. The molecule has 0 aromatic rings. The summed E-state index contributed by atoms with van der Waals surface area (Å²) in [5, 5.41) is 10.3. The van der Waals surface area contributed by atoms with E-state index >= 15 is 0 Å². The van der Waals surface area contributed by atoms with Crippen molar-refractivity contribution >= 4 is 11.7 Å². The highest BCUT2D eigenvalue weighted by molar-refractivity contribution is 6.00. The van der Waals surface area contributed by atoms with Gasteiger partial charge in [0.25, 0.3) is 0 Å². The Morgan fingerprint density at radius 3 is 2.59 bits per heavy atom. The summed E-state index contributed by atoms with van der Waals surface area (Å²) < 4.78 is 0. The first-order chi connectivity index (χ1) is 13.8. The summed E-state index contributed by atoms with van der Waals surface area (Å²) >= 11 is 0. The second-order valence-electron chi connectivity index (χ2n) is 10.7. The van der Waals surface area contributed by atoms with Crippen molar-refractivity contribution in [1.82, 2.24) is 0 Å². The average molecular weight is 402 g/mol. The first kappa shape index (κ1) is 20.9. The lowest BCUT2D eigenvalue weighted by Gasteiger charge is -2.57. The van der Waals surface area contributed by atoms with E-state index < -0.39 is 0 Å². The molecule has 4 unspecified atom stereocenters. The van der Waals surface area contributed by atoms with Crippen molar-refractivity contribution in [3.8, 4) is 0 Å². The van der Waals surface area contributed by atoms with E-state index in [2.05, 4.69) is 18.8 Å². The van der Waals surface area contributed by atoms with Crippen LogP contribution in [0.5, 0.6) is 0 Å². The van der Waals surface area contributed by atoms with Gasteiger partial charge in [-0.25, -0.2) is 0 Å². The molecule has 5 nitrogen and oxygen atoms in total. The molecule has 29 heavy (non-hydrogen) atoms. The molecule has 4 atom stereocenters. The van der Waals surface area contributed by atoms with Crippen molar-refractivity contribution in [2.24, 2.45) is 51.0 Å². The summed E-state index contributed by atoms with van der Waals surface area (Å²) in [7, 11) is 0. The first-order valence-corrected chi connectivity index (χ1v) is 11.7. The van der Waals surface area contributed by atoms with Gasteiger partial charge in [-0.1, -0.05) is 45.1 Å². The van der Waals surface area contributed by atoms with Crippen molar-refractivity contribution in [3.05, 3.63) is 11.1 Å². The molecule has 4 rings (SSSR count). The molecule has 0 radical (unpaired) electrons. The molecule has 0 saturated heterocycles.